The van der Waals surface area contributed by atoms with E-state index in [9.17, 15) is 9.18 Å². The first-order valence-electron chi connectivity index (χ1n) is 8.02. The Bertz CT molecular complexity index is 805. The highest BCUT2D eigenvalue weighted by atomic mass is 19.1. The number of ether oxygens (including phenoxy) is 1. The lowest BCUT2D eigenvalue weighted by Gasteiger charge is -2.46. The van der Waals surface area contributed by atoms with Crippen LogP contribution in [0.5, 0.6) is 0 Å². The molecule has 2 aliphatic heterocycles. The van der Waals surface area contributed by atoms with Crippen LogP contribution in [0.1, 0.15) is 40.9 Å². The zero-order chi connectivity index (χ0) is 16.7. The van der Waals surface area contributed by atoms with Crippen molar-refractivity contribution in [2.24, 2.45) is 0 Å². The lowest BCUT2D eigenvalue weighted by atomic mass is 9.87. The lowest BCUT2D eigenvalue weighted by Crippen LogP contribution is -2.61. The maximum Gasteiger partial charge on any atom is 0.275 e. The SMILES string of the molecule is CCCc1ncc2c(n1)COC21CN(C(=O)c2ncccc2F)C1. The number of pyridine rings is 1. The average Bonchev–Trinajstić information content (AvgIpc) is 2.92. The van der Waals surface area contributed by atoms with Gasteiger partial charge in [0.15, 0.2) is 11.5 Å². The van der Waals surface area contributed by atoms with Gasteiger partial charge in [0, 0.05) is 24.4 Å². The molecule has 1 fully saturated rings. The first-order chi connectivity index (χ1) is 11.6. The van der Waals surface area contributed by atoms with Gasteiger partial charge < -0.3 is 9.64 Å². The van der Waals surface area contributed by atoms with Crippen LogP contribution in [0.25, 0.3) is 0 Å². The Morgan fingerprint density at radius 1 is 1.42 bits per heavy atom. The van der Waals surface area contributed by atoms with Crippen molar-refractivity contribution in [2.45, 2.75) is 32.0 Å². The minimum absolute atomic E-state index is 0.153. The van der Waals surface area contributed by atoms with Crippen molar-refractivity contribution in [2.75, 3.05) is 13.1 Å². The molecule has 0 radical (unpaired) electrons. The Kier molecular flexibility index (Phi) is 3.53. The number of fused-ring (bicyclic) bond motifs is 2. The van der Waals surface area contributed by atoms with Crippen LogP contribution >= 0.6 is 0 Å². The van der Waals surface area contributed by atoms with Crippen LogP contribution in [0.3, 0.4) is 0 Å². The van der Waals surface area contributed by atoms with Crippen molar-refractivity contribution >= 4 is 5.91 Å². The summed E-state index contributed by atoms with van der Waals surface area (Å²) in [5, 5.41) is 0. The summed E-state index contributed by atoms with van der Waals surface area (Å²) in [5.41, 5.74) is 1.12. The van der Waals surface area contributed by atoms with Crippen molar-refractivity contribution in [1.82, 2.24) is 19.9 Å². The summed E-state index contributed by atoms with van der Waals surface area (Å²) in [7, 11) is 0. The molecule has 2 aromatic rings. The Hall–Kier alpha value is -2.41. The number of carbonyl (C=O) groups is 1. The van der Waals surface area contributed by atoms with Gasteiger partial charge in [0.2, 0.25) is 0 Å². The summed E-state index contributed by atoms with van der Waals surface area (Å²) >= 11 is 0. The Morgan fingerprint density at radius 3 is 3.00 bits per heavy atom. The second-order valence-electron chi connectivity index (χ2n) is 6.17. The quantitative estimate of drug-likeness (QED) is 0.860. The number of carbonyl (C=O) groups excluding carboxylic acids is 1. The van der Waals surface area contributed by atoms with Gasteiger partial charge in [-0.25, -0.2) is 19.3 Å². The fourth-order valence-corrected chi connectivity index (χ4v) is 3.25. The molecule has 0 saturated carbocycles. The summed E-state index contributed by atoms with van der Waals surface area (Å²) in [6.07, 6.45) is 5.05. The Balaban J connectivity index is 1.52. The molecular weight excluding hydrogens is 311 g/mol. The third kappa shape index (κ3) is 2.27. The van der Waals surface area contributed by atoms with Crippen molar-refractivity contribution in [3.05, 3.63) is 53.1 Å². The fraction of sp³-hybridized carbons (Fsp3) is 0.412. The van der Waals surface area contributed by atoms with Gasteiger partial charge in [0.1, 0.15) is 11.4 Å². The number of rotatable bonds is 3. The van der Waals surface area contributed by atoms with Gasteiger partial charge in [0.25, 0.3) is 5.91 Å². The molecule has 1 saturated heterocycles. The third-order valence-corrected chi connectivity index (χ3v) is 4.51. The van der Waals surface area contributed by atoms with Crippen LogP contribution < -0.4 is 0 Å². The first kappa shape index (κ1) is 15.1. The Labute approximate surface area is 138 Å². The summed E-state index contributed by atoms with van der Waals surface area (Å²) < 4.78 is 19.6. The third-order valence-electron chi connectivity index (χ3n) is 4.51. The normalized spacial score (nSPS) is 17.7. The standard InChI is InChI=1S/C17H17FN4O2/c1-2-4-14-20-7-11-13(21-14)8-24-17(11)9-22(10-17)16(23)15-12(18)5-3-6-19-15/h3,5-7H,2,4,8-10H2,1H3. The van der Waals surface area contributed by atoms with E-state index in [4.69, 9.17) is 4.74 Å². The molecule has 2 aliphatic rings. The van der Waals surface area contributed by atoms with Crippen LogP contribution in [-0.4, -0.2) is 38.8 Å². The number of aromatic nitrogens is 3. The topological polar surface area (TPSA) is 68.2 Å². The van der Waals surface area contributed by atoms with Crippen molar-refractivity contribution in [3.8, 4) is 0 Å². The summed E-state index contributed by atoms with van der Waals surface area (Å²) in [6, 6.07) is 2.70. The van der Waals surface area contributed by atoms with Gasteiger partial charge in [-0.15, -0.1) is 0 Å². The van der Waals surface area contributed by atoms with E-state index in [1.165, 1.54) is 18.3 Å². The zero-order valence-corrected chi connectivity index (χ0v) is 13.3. The van der Waals surface area contributed by atoms with Gasteiger partial charge in [0.05, 0.1) is 25.4 Å². The molecule has 4 rings (SSSR count). The van der Waals surface area contributed by atoms with Crippen molar-refractivity contribution in [1.29, 1.82) is 0 Å². The molecule has 7 heteroatoms. The molecule has 1 spiro atoms. The number of nitrogens with zero attached hydrogens (tertiary/aromatic N) is 4. The molecular formula is C17H17FN4O2. The van der Waals surface area contributed by atoms with Gasteiger partial charge in [-0.2, -0.15) is 0 Å². The van der Waals surface area contributed by atoms with Crippen LogP contribution in [0.2, 0.25) is 0 Å². The van der Waals surface area contributed by atoms with Gasteiger partial charge >= 0.3 is 0 Å². The van der Waals surface area contributed by atoms with E-state index in [0.29, 0.717) is 19.7 Å². The molecule has 2 aromatic heterocycles. The van der Waals surface area contributed by atoms with E-state index in [2.05, 4.69) is 21.9 Å². The second kappa shape index (κ2) is 5.59. The van der Waals surface area contributed by atoms with Crippen LogP contribution in [0, 0.1) is 5.82 Å². The zero-order valence-electron chi connectivity index (χ0n) is 13.3. The maximum atomic E-state index is 13.7. The summed E-state index contributed by atoms with van der Waals surface area (Å²) in [4.78, 5) is 26.7. The lowest BCUT2D eigenvalue weighted by molar-refractivity contribution is -0.126. The molecule has 0 aromatic carbocycles. The molecule has 0 unspecified atom stereocenters. The van der Waals surface area contributed by atoms with Crippen LogP contribution in [0.15, 0.2) is 24.5 Å². The number of hydrogen-bond acceptors (Lipinski definition) is 5. The molecule has 0 atom stereocenters. The monoisotopic (exact) mass is 328 g/mol. The molecule has 0 N–H and O–H groups in total. The molecule has 24 heavy (non-hydrogen) atoms. The average molecular weight is 328 g/mol. The minimum Gasteiger partial charge on any atom is -0.360 e. The minimum atomic E-state index is -0.608. The number of aryl methyl sites for hydroxylation is 1. The number of amides is 1. The Morgan fingerprint density at radius 2 is 2.25 bits per heavy atom. The van der Waals surface area contributed by atoms with Crippen LogP contribution in [-0.2, 0) is 23.4 Å². The molecule has 0 aliphatic carbocycles. The molecule has 1 amide bonds. The highest BCUT2D eigenvalue weighted by molar-refractivity contribution is 5.93. The van der Waals surface area contributed by atoms with E-state index in [-0.39, 0.29) is 5.69 Å². The largest absolute Gasteiger partial charge is 0.360 e. The fourth-order valence-electron chi connectivity index (χ4n) is 3.25. The summed E-state index contributed by atoms with van der Waals surface area (Å²) in [6.45, 7) is 3.24. The van der Waals surface area contributed by atoms with E-state index < -0.39 is 17.3 Å². The summed E-state index contributed by atoms with van der Waals surface area (Å²) in [5.74, 6) is -0.206. The number of likely N-dealkylation sites (tertiary alicyclic amines) is 1. The van der Waals surface area contributed by atoms with Gasteiger partial charge in [-0.3, -0.25) is 4.79 Å². The predicted octanol–water partition coefficient (Wildman–Crippen LogP) is 1.84. The number of halogens is 1. The van der Waals surface area contributed by atoms with E-state index in [1.54, 1.807) is 4.90 Å². The van der Waals surface area contributed by atoms with Gasteiger partial charge in [-0.1, -0.05) is 6.92 Å². The van der Waals surface area contributed by atoms with E-state index in [0.717, 1.165) is 29.9 Å². The second-order valence-corrected chi connectivity index (χ2v) is 6.17. The predicted molar refractivity (Wildman–Crippen MR) is 82.6 cm³/mol. The molecule has 0 bridgehead atoms. The molecule has 6 nitrogen and oxygen atoms in total. The van der Waals surface area contributed by atoms with Crippen molar-refractivity contribution < 1.29 is 13.9 Å². The highest BCUT2D eigenvalue weighted by Gasteiger charge is 2.53. The first-order valence-corrected chi connectivity index (χ1v) is 8.02. The smallest absolute Gasteiger partial charge is 0.275 e. The molecule has 4 heterocycles. The van der Waals surface area contributed by atoms with E-state index in [1.807, 2.05) is 6.20 Å². The van der Waals surface area contributed by atoms with E-state index >= 15 is 0 Å². The van der Waals surface area contributed by atoms with Gasteiger partial charge in [-0.05, 0) is 18.6 Å². The molecule has 124 valence electrons. The highest BCUT2D eigenvalue weighted by Crippen LogP contribution is 2.42. The van der Waals surface area contributed by atoms with Crippen LogP contribution in [0.4, 0.5) is 4.39 Å². The maximum absolute atomic E-state index is 13.7. The number of hydrogen-bond donors (Lipinski definition) is 0. The van der Waals surface area contributed by atoms with Crippen molar-refractivity contribution in [3.63, 3.8) is 0 Å².